The molecule has 9 nitrogen and oxygen atoms in total. The third-order valence-corrected chi connectivity index (χ3v) is 5.20. The fourth-order valence-corrected chi connectivity index (χ4v) is 3.39. The molecule has 2 aromatic carbocycles. The van der Waals surface area contributed by atoms with Crippen molar-refractivity contribution in [2.75, 3.05) is 18.6 Å². The molecule has 0 unspecified atom stereocenters. The van der Waals surface area contributed by atoms with Crippen LogP contribution in [0.4, 0.5) is 11.4 Å². The number of nitro groups is 1. The van der Waals surface area contributed by atoms with E-state index in [0.29, 0.717) is 22.6 Å². The molecule has 0 saturated carbocycles. The lowest BCUT2D eigenvalue weighted by molar-refractivity contribution is -0.385. The second-order valence-corrected chi connectivity index (χ2v) is 7.31. The summed E-state index contributed by atoms with van der Waals surface area (Å²) in [6.07, 6.45) is -1.12. The summed E-state index contributed by atoms with van der Waals surface area (Å²) >= 11 is 0. The molecule has 162 valence electrons. The maximum Gasteiger partial charge on any atom is 0.312 e. The van der Waals surface area contributed by atoms with Crippen LogP contribution in [0.5, 0.6) is 5.75 Å². The second kappa shape index (κ2) is 8.95. The van der Waals surface area contributed by atoms with E-state index in [1.54, 1.807) is 43.3 Å². The number of anilines is 1. The molecular formula is C22H22N2O7. The highest BCUT2D eigenvalue weighted by atomic mass is 16.6. The van der Waals surface area contributed by atoms with Crippen molar-refractivity contribution < 1.29 is 28.8 Å². The average molecular weight is 426 g/mol. The van der Waals surface area contributed by atoms with Gasteiger partial charge in [-0.2, -0.15) is 0 Å². The van der Waals surface area contributed by atoms with Crippen molar-refractivity contribution in [3.8, 4) is 5.75 Å². The average Bonchev–Trinajstić information content (AvgIpc) is 3.15. The largest absolute Gasteiger partial charge is 0.497 e. The summed E-state index contributed by atoms with van der Waals surface area (Å²) in [5.41, 5.74) is 1.09. The lowest BCUT2D eigenvalue weighted by Crippen LogP contribution is -2.30. The summed E-state index contributed by atoms with van der Waals surface area (Å²) in [6, 6.07) is 10.9. The van der Waals surface area contributed by atoms with Crippen LogP contribution in [-0.2, 0) is 14.3 Å². The monoisotopic (exact) mass is 426 g/mol. The lowest BCUT2D eigenvalue weighted by Gasteiger charge is -2.18. The molecule has 31 heavy (non-hydrogen) atoms. The maximum atomic E-state index is 12.6. The van der Waals surface area contributed by atoms with Gasteiger partial charge in [-0.15, -0.1) is 0 Å². The fraction of sp³-hybridized carbons (Fsp3) is 0.318. The number of hydrogen-bond acceptors (Lipinski definition) is 7. The van der Waals surface area contributed by atoms with Crippen molar-refractivity contribution in [2.45, 2.75) is 26.4 Å². The SMILES string of the molecule is COc1ccc(C(=O)[C@@H](C)OC(=O)[C@@H]2CC(=O)N(c3ccc(C)c([N+](=O)[O-])c3)C2)cc1. The molecule has 0 aliphatic carbocycles. The standard InChI is InChI=1S/C22H22N2O7/c1-13-4-7-17(11-19(13)24(28)29)23-12-16(10-20(23)25)22(27)31-14(2)21(26)15-5-8-18(30-3)9-6-15/h4-9,11,14,16H,10,12H2,1-3H3/t14-,16-/m1/s1. The minimum Gasteiger partial charge on any atom is -0.497 e. The van der Waals surface area contributed by atoms with Crippen molar-refractivity contribution >= 4 is 29.0 Å². The molecule has 1 aliphatic rings. The number of carbonyl (C=O) groups excluding carboxylic acids is 3. The molecule has 0 N–H and O–H groups in total. The molecule has 1 fully saturated rings. The molecule has 2 atom stereocenters. The lowest BCUT2D eigenvalue weighted by atomic mass is 10.1. The Morgan fingerprint density at radius 1 is 1.19 bits per heavy atom. The van der Waals surface area contributed by atoms with E-state index in [1.165, 1.54) is 25.0 Å². The van der Waals surface area contributed by atoms with Gasteiger partial charge in [0.15, 0.2) is 6.10 Å². The number of methoxy groups -OCH3 is 1. The molecular weight excluding hydrogens is 404 g/mol. The number of esters is 1. The zero-order chi connectivity index (χ0) is 22.7. The van der Waals surface area contributed by atoms with Crippen LogP contribution in [0, 0.1) is 23.0 Å². The second-order valence-electron chi connectivity index (χ2n) is 7.31. The number of aryl methyl sites for hydroxylation is 1. The van der Waals surface area contributed by atoms with Gasteiger partial charge in [0.1, 0.15) is 5.75 Å². The topological polar surface area (TPSA) is 116 Å². The summed E-state index contributed by atoms with van der Waals surface area (Å²) < 4.78 is 10.4. The Labute approximate surface area is 178 Å². The van der Waals surface area contributed by atoms with E-state index in [1.807, 2.05) is 0 Å². The number of nitrogens with zero attached hydrogens (tertiary/aromatic N) is 2. The van der Waals surface area contributed by atoms with Crippen LogP contribution >= 0.6 is 0 Å². The normalized spacial score (nSPS) is 16.7. The number of nitro benzene ring substituents is 1. The van der Waals surface area contributed by atoms with Crippen LogP contribution in [0.15, 0.2) is 42.5 Å². The van der Waals surface area contributed by atoms with Crippen molar-refractivity contribution in [3.05, 3.63) is 63.7 Å². The van der Waals surface area contributed by atoms with Gasteiger partial charge < -0.3 is 14.4 Å². The quantitative estimate of drug-likeness (QED) is 0.289. The van der Waals surface area contributed by atoms with Gasteiger partial charge in [0, 0.05) is 30.2 Å². The van der Waals surface area contributed by atoms with Crippen LogP contribution in [-0.4, -0.2) is 42.3 Å². The Hall–Kier alpha value is -3.75. The Balaban J connectivity index is 1.66. The Kier molecular flexibility index (Phi) is 6.33. The van der Waals surface area contributed by atoms with Crippen LogP contribution in [0.3, 0.4) is 0 Å². The summed E-state index contributed by atoms with van der Waals surface area (Å²) in [4.78, 5) is 49.5. The molecule has 0 aromatic heterocycles. The van der Waals surface area contributed by atoms with Crippen molar-refractivity contribution in [2.24, 2.45) is 5.92 Å². The van der Waals surface area contributed by atoms with Crippen LogP contribution in [0.2, 0.25) is 0 Å². The van der Waals surface area contributed by atoms with Crippen LogP contribution in [0.25, 0.3) is 0 Å². The molecule has 1 amide bonds. The van der Waals surface area contributed by atoms with Gasteiger partial charge in [0.05, 0.1) is 23.6 Å². The van der Waals surface area contributed by atoms with Gasteiger partial charge in [-0.25, -0.2) is 0 Å². The molecule has 0 spiro atoms. The first-order valence-electron chi connectivity index (χ1n) is 9.65. The smallest absolute Gasteiger partial charge is 0.312 e. The minimum atomic E-state index is -1.02. The zero-order valence-electron chi connectivity index (χ0n) is 17.4. The van der Waals surface area contributed by atoms with Crippen molar-refractivity contribution in [1.29, 1.82) is 0 Å². The molecule has 1 saturated heterocycles. The molecule has 1 heterocycles. The summed E-state index contributed by atoms with van der Waals surface area (Å²) in [6.45, 7) is 3.11. The van der Waals surface area contributed by atoms with Gasteiger partial charge in [0.25, 0.3) is 5.69 Å². The van der Waals surface area contributed by atoms with E-state index < -0.39 is 22.9 Å². The van der Waals surface area contributed by atoms with Crippen LogP contribution < -0.4 is 9.64 Å². The number of carbonyl (C=O) groups is 3. The first-order valence-corrected chi connectivity index (χ1v) is 9.65. The zero-order valence-corrected chi connectivity index (χ0v) is 17.4. The Bertz CT molecular complexity index is 1030. The van der Waals surface area contributed by atoms with Gasteiger partial charge in [-0.05, 0) is 44.2 Å². The molecule has 9 heteroatoms. The highest BCUT2D eigenvalue weighted by Gasteiger charge is 2.38. The minimum absolute atomic E-state index is 0.0291. The fourth-order valence-electron chi connectivity index (χ4n) is 3.39. The highest BCUT2D eigenvalue weighted by molar-refractivity contribution is 6.02. The van der Waals surface area contributed by atoms with Gasteiger partial charge in [0.2, 0.25) is 11.7 Å². The maximum absolute atomic E-state index is 12.6. The number of ketones is 1. The number of Topliss-reactive ketones (excluding diaryl/α,β-unsaturated/α-hetero) is 1. The number of rotatable bonds is 7. The Morgan fingerprint density at radius 3 is 2.48 bits per heavy atom. The van der Waals surface area contributed by atoms with Crippen molar-refractivity contribution in [1.82, 2.24) is 0 Å². The molecule has 3 rings (SSSR count). The predicted octanol–water partition coefficient (Wildman–Crippen LogP) is 3.08. The van der Waals surface area contributed by atoms with Gasteiger partial charge in [-0.1, -0.05) is 6.07 Å². The van der Waals surface area contributed by atoms with Gasteiger partial charge in [-0.3, -0.25) is 24.5 Å². The van der Waals surface area contributed by atoms with E-state index in [0.717, 1.165) is 0 Å². The summed E-state index contributed by atoms with van der Waals surface area (Å²) in [7, 11) is 1.52. The number of amides is 1. The molecule has 0 radical (unpaired) electrons. The van der Waals surface area contributed by atoms with Crippen LogP contribution in [0.1, 0.15) is 29.3 Å². The van der Waals surface area contributed by atoms with E-state index in [-0.39, 0.29) is 30.3 Å². The van der Waals surface area contributed by atoms with E-state index in [2.05, 4.69) is 0 Å². The molecule has 1 aliphatic heterocycles. The summed E-state index contributed by atoms with van der Waals surface area (Å²) in [5, 5.41) is 11.2. The van der Waals surface area contributed by atoms with E-state index in [9.17, 15) is 24.5 Å². The Morgan fingerprint density at radius 2 is 1.87 bits per heavy atom. The first-order chi connectivity index (χ1) is 14.7. The van der Waals surface area contributed by atoms with Crippen molar-refractivity contribution in [3.63, 3.8) is 0 Å². The third-order valence-electron chi connectivity index (χ3n) is 5.20. The van der Waals surface area contributed by atoms with Gasteiger partial charge >= 0.3 is 5.97 Å². The number of benzene rings is 2. The highest BCUT2D eigenvalue weighted by Crippen LogP contribution is 2.30. The number of ether oxygens (including phenoxy) is 2. The molecule has 2 aromatic rings. The van der Waals surface area contributed by atoms with E-state index in [4.69, 9.17) is 9.47 Å². The third kappa shape index (κ3) is 4.71. The molecule has 0 bridgehead atoms. The first kappa shape index (κ1) is 21.9. The summed E-state index contributed by atoms with van der Waals surface area (Å²) in [5.74, 6) is -1.53. The van der Waals surface area contributed by atoms with E-state index >= 15 is 0 Å². The predicted molar refractivity (Wildman–Crippen MR) is 111 cm³/mol. The number of hydrogen-bond donors (Lipinski definition) is 0.